The predicted molar refractivity (Wildman–Crippen MR) is 86.1 cm³/mol. The van der Waals surface area contributed by atoms with Crippen molar-refractivity contribution < 1.29 is 4.74 Å². The SMILES string of the molecule is C=C/C=C(/C)N=C(N)C(C)(C)Cc1ccc(OC)cc1. The third-order valence-electron chi connectivity index (χ3n) is 3.15. The van der Waals surface area contributed by atoms with Gasteiger partial charge in [-0.05, 0) is 37.1 Å². The monoisotopic (exact) mass is 272 g/mol. The lowest BCUT2D eigenvalue weighted by molar-refractivity contribution is 0.414. The number of benzene rings is 1. The van der Waals surface area contributed by atoms with Crippen LogP contribution >= 0.6 is 0 Å². The second-order valence-corrected chi connectivity index (χ2v) is 5.45. The molecule has 1 aromatic rings. The van der Waals surface area contributed by atoms with Gasteiger partial charge in [0.2, 0.25) is 0 Å². The van der Waals surface area contributed by atoms with Crippen molar-refractivity contribution >= 4 is 5.84 Å². The molecular weight excluding hydrogens is 248 g/mol. The number of nitrogens with zero attached hydrogens (tertiary/aromatic N) is 1. The molecule has 0 fully saturated rings. The highest BCUT2D eigenvalue weighted by molar-refractivity contribution is 5.87. The first-order valence-corrected chi connectivity index (χ1v) is 6.66. The van der Waals surface area contributed by atoms with Crippen LogP contribution in [-0.2, 0) is 6.42 Å². The topological polar surface area (TPSA) is 47.6 Å². The molecule has 0 bridgehead atoms. The average molecular weight is 272 g/mol. The van der Waals surface area contributed by atoms with Gasteiger partial charge in [0, 0.05) is 11.1 Å². The molecule has 20 heavy (non-hydrogen) atoms. The lowest BCUT2D eigenvalue weighted by Crippen LogP contribution is -2.33. The molecule has 108 valence electrons. The molecular formula is C17H24N2O. The maximum Gasteiger partial charge on any atom is 0.118 e. The van der Waals surface area contributed by atoms with Gasteiger partial charge < -0.3 is 10.5 Å². The number of aliphatic imine (C=N–C) groups is 1. The van der Waals surface area contributed by atoms with Crippen molar-refractivity contribution in [2.75, 3.05) is 7.11 Å². The van der Waals surface area contributed by atoms with Crippen molar-refractivity contribution in [2.24, 2.45) is 16.1 Å². The predicted octanol–water partition coefficient (Wildman–Crippen LogP) is 3.71. The fourth-order valence-electron chi connectivity index (χ4n) is 1.89. The van der Waals surface area contributed by atoms with E-state index in [1.807, 2.05) is 25.1 Å². The van der Waals surface area contributed by atoms with Crippen LogP contribution in [0.15, 0.2) is 53.7 Å². The van der Waals surface area contributed by atoms with E-state index in [9.17, 15) is 0 Å². The van der Waals surface area contributed by atoms with Crippen LogP contribution in [0, 0.1) is 5.41 Å². The number of allylic oxidation sites excluding steroid dienone is 3. The minimum absolute atomic E-state index is 0.204. The summed E-state index contributed by atoms with van der Waals surface area (Å²) in [7, 11) is 1.66. The van der Waals surface area contributed by atoms with Crippen molar-refractivity contribution in [2.45, 2.75) is 27.2 Å². The van der Waals surface area contributed by atoms with E-state index in [-0.39, 0.29) is 5.41 Å². The zero-order chi connectivity index (χ0) is 15.2. The normalized spacial score (nSPS) is 13.2. The van der Waals surface area contributed by atoms with Crippen molar-refractivity contribution in [1.82, 2.24) is 0 Å². The second-order valence-electron chi connectivity index (χ2n) is 5.45. The van der Waals surface area contributed by atoms with Crippen LogP contribution in [0.4, 0.5) is 0 Å². The Morgan fingerprint density at radius 2 is 1.95 bits per heavy atom. The fourth-order valence-corrected chi connectivity index (χ4v) is 1.89. The Hall–Kier alpha value is -2.03. The molecule has 1 rings (SSSR count). The molecule has 3 heteroatoms. The molecule has 0 aliphatic carbocycles. The highest BCUT2D eigenvalue weighted by Gasteiger charge is 2.23. The summed E-state index contributed by atoms with van der Waals surface area (Å²) in [5.74, 6) is 1.49. The smallest absolute Gasteiger partial charge is 0.118 e. The van der Waals surface area contributed by atoms with E-state index < -0.39 is 0 Å². The minimum Gasteiger partial charge on any atom is -0.497 e. The van der Waals surface area contributed by atoms with Gasteiger partial charge in [-0.2, -0.15) is 0 Å². The van der Waals surface area contributed by atoms with E-state index in [0.29, 0.717) is 5.84 Å². The lowest BCUT2D eigenvalue weighted by Gasteiger charge is -2.24. The van der Waals surface area contributed by atoms with Crippen molar-refractivity contribution in [3.8, 4) is 5.75 Å². The summed E-state index contributed by atoms with van der Waals surface area (Å²) in [6.07, 6.45) is 4.38. The molecule has 0 unspecified atom stereocenters. The molecule has 0 aliphatic rings. The number of amidine groups is 1. The van der Waals surface area contributed by atoms with Crippen LogP contribution in [0.3, 0.4) is 0 Å². The summed E-state index contributed by atoms with van der Waals surface area (Å²) >= 11 is 0. The summed E-state index contributed by atoms with van der Waals surface area (Å²) < 4.78 is 5.16. The van der Waals surface area contributed by atoms with Crippen LogP contribution in [0.25, 0.3) is 0 Å². The van der Waals surface area contributed by atoms with Crippen LogP contribution in [0.1, 0.15) is 26.3 Å². The molecule has 0 saturated carbocycles. The Kier molecular flexibility index (Phi) is 5.56. The zero-order valence-corrected chi connectivity index (χ0v) is 12.8. The van der Waals surface area contributed by atoms with Gasteiger partial charge in [0.25, 0.3) is 0 Å². The second kappa shape index (κ2) is 6.94. The van der Waals surface area contributed by atoms with Gasteiger partial charge in [-0.15, -0.1) is 0 Å². The Balaban J connectivity index is 2.87. The van der Waals surface area contributed by atoms with E-state index in [2.05, 4.69) is 37.6 Å². The molecule has 1 aromatic carbocycles. The maximum atomic E-state index is 6.14. The molecule has 0 aromatic heterocycles. The summed E-state index contributed by atoms with van der Waals surface area (Å²) in [6, 6.07) is 8.03. The summed E-state index contributed by atoms with van der Waals surface area (Å²) in [6.45, 7) is 9.76. The summed E-state index contributed by atoms with van der Waals surface area (Å²) in [4.78, 5) is 4.43. The highest BCUT2D eigenvalue weighted by Crippen LogP contribution is 2.24. The Morgan fingerprint density at radius 1 is 1.35 bits per heavy atom. The quantitative estimate of drug-likeness (QED) is 0.487. The number of nitrogens with two attached hydrogens (primary N) is 1. The molecule has 2 N–H and O–H groups in total. The third-order valence-corrected chi connectivity index (χ3v) is 3.15. The Bertz CT molecular complexity index is 510. The van der Waals surface area contributed by atoms with Gasteiger partial charge in [0.05, 0.1) is 7.11 Å². The van der Waals surface area contributed by atoms with Gasteiger partial charge in [-0.25, -0.2) is 4.99 Å². The number of rotatable bonds is 6. The van der Waals surface area contributed by atoms with E-state index in [1.165, 1.54) is 5.56 Å². The fraction of sp³-hybridized carbons (Fsp3) is 0.353. The molecule has 0 atom stereocenters. The number of ether oxygens (including phenoxy) is 1. The first kappa shape index (κ1) is 16.0. The van der Waals surface area contributed by atoms with Gasteiger partial charge in [0.15, 0.2) is 0 Å². The molecule has 0 heterocycles. The van der Waals surface area contributed by atoms with Gasteiger partial charge >= 0.3 is 0 Å². The van der Waals surface area contributed by atoms with Crippen LogP contribution in [0.2, 0.25) is 0 Å². The van der Waals surface area contributed by atoms with Crippen molar-refractivity contribution in [3.05, 3.63) is 54.3 Å². The first-order valence-electron chi connectivity index (χ1n) is 6.66. The Labute approximate surface area is 121 Å². The highest BCUT2D eigenvalue weighted by atomic mass is 16.5. The lowest BCUT2D eigenvalue weighted by atomic mass is 9.84. The zero-order valence-electron chi connectivity index (χ0n) is 12.8. The molecule has 0 amide bonds. The molecule has 0 radical (unpaired) electrons. The largest absolute Gasteiger partial charge is 0.497 e. The average Bonchev–Trinajstić information content (AvgIpc) is 2.39. The number of hydrogen-bond acceptors (Lipinski definition) is 2. The van der Waals surface area contributed by atoms with E-state index >= 15 is 0 Å². The molecule has 0 saturated heterocycles. The summed E-state index contributed by atoms with van der Waals surface area (Å²) in [5.41, 5.74) is 8.00. The van der Waals surface area contributed by atoms with Gasteiger partial charge in [-0.1, -0.05) is 38.6 Å². The third kappa shape index (κ3) is 4.57. The number of methoxy groups -OCH3 is 1. The molecule has 3 nitrogen and oxygen atoms in total. The first-order chi connectivity index (χ1) is 9.39. The maximum absolute atomic E-state index is 6.14. The van der Waals surface area contributed by atoms with Crippen LogP contribution < -0.4 is 10.5 Å². The van der Waals surface area contributed by atoms with Gasteiger partial charge in [-0.3, -0.25) is 0 Å². The molecule has 0 spiro atoms. The standard InChI is InChI=1S/C17H24N2O/c1-6-7-13(2)19-16(18)17(3,4)12-14-8-10-15(20-5)11-9-14/h6-11H,1,12H2,2-5H3,(H2,18,19)/b13-7-. The summed E-state index contributed by atoms with van der Waals surface area (Å²) in [5, 5.41) is 0. The number of hydrogen-bond donors (Lipinski definition) is 1. The van der Waals surface area contributed by atoms with Gasteiger partial charge in [0.1, 0.15) is 11.6 Å². The Morgan fingerprint density at radius 3 is 2.45 bits per heavy atom. The van der Waals surface area contributed by atoms with E-state index in [1.54, 1.807) is 13.2 Å². The van der Waals surface area contributed by atoms with Crippen LogP contribution in [-0.4, -0.2) is 12.9 Å². The van der Waals surface area contributed by atoms with E-state index in [0.717, 1.165) is 17.9 Å². The van der Waals surface area contributed by atoms with Crippen LogP contribution in [0.5, 0.6) is 5.75 Å². The van der Waals surface area contributed by atoms with Crippen molar-refractivity contribution in [1.29, 1.82) is 0 Å². The molecule has 0 aliphatic heterocycles. The minimum atomic E-state index is -0.204. The van der Waals surface area contributed by atoms with E-state index in [4.69, 9.17) is 10.5 Å². The van der Waals surface area contributed by atoms with Crippen molar-refractivity contribution in [3.63, 3.8) is 0 Å².